The monoisotopic (exact) mass is 558 g/mol. The molecule has 6 nitrogen and oxygen atoms in total. The minimum Gasteiger partial charge on any atom is -0.493 e. The van der Waals surface area contributed by atoms with Gasteiger partial charge in [0.2, 0.25) is 11.9 Å². The SMILES string of the molecule is C=NC(=N/C=C(\C)CC)N1CCC(COc2ccc(C3=CCC(C(=O)N4CCC(F)(F)CC4)CC3)c(F)c2)CC1. The summed E-state index contributed by atoms with van der Waals surface area (Å²) in [7, 11) is 0. The topological polar surface area (TPSA) is 57.5 Å². The second kappa shape index (κ2) is 13.5. The third-order valence-corrected chi connectivity index (χ3v) is 8.34. The van der Waals surface area contributed by atoms with E-state index in [9.17, 15) is 13.6 Å². The summed E-state index contributed by atoms with van der Waals surface area (Å²) < 4.78 is 47.9. The number of allylic oxidation sites excluding steroid dienone is 3. The van der Waals surface area contributed by atoms with Crippen LogP contribution in [0.25, 0.3) is 5.57 Å². The molecule has 0 N–H and O–H groups in total. The standard InChI is InChI=1S/C31H41F3N4O2/c1-4-22(2)20-36-30(35-3)38-15-11-23(12-16-38)21-40-26-9-10-27(28(32)19-26)24-5-7-25(8-6-24)29(39)37-17-13-31(33,34)14-18-37/h5,9-10,19-20,23,25H,3-4,6-8,11-18,21H2,1-2H3/b22-20+,36-30?. The van der Waals surface area contributed by atoms with Gasteiger partial charge in [0, 0.05) is 62.8 Å². The Morgan fingerprint density at radius 3 is 2.48 bits per heavy atom. The lowest BCUT2D eigenvalue weighted by molar-refractivity contribution is -0.141. The molecule has 0 spiro atoms. The van der Waals surface area contributed by atoms with Crippen LogP contribution in [-0.2, 0) is 4.79 Å². The summed E-state index contributed by atoms with van der Waals surface area (Å²) in [6.07, 6.45) is 7.70. The third-order valence-electron chi connectivity index (χ3n) is 8.34. The molecule has 2 saturated heterocycles. The number of hydrogen-bond acceptors (Lipinski definition) is 3. The Labute approximate surface area is 235 Å². The van der Waals surface area contributed by atoms with Gasteiger partial charge in [0.1, 0.15) is 11.6 Å². The Bertz CT molecular complexity index is 1150. The van der Waals surface area contributed by atoms with Crippen LogP contribution >= 0.6 is 0 Å². The van der Waals surface area contributed by atoms with Crippen molar-refractivity contribution in [1.29, 1.82) is 0 Å². The highest BCUT2D eigenvalue weighted by atomic mass is 19.3. The maximum absolute atomic E-state index is 15.0. The molecule has 0 aromatic heterocycles. The number of benzene rings is 1. The van der Waals surface area contributed by atoms with Crippen molar-refractivity contribution in [2.45, 2.75) is 71.1 Å². The summed E-state index contributed by atoms with van der Waals surface area (Å²) >= 11 is 0. The van der Waals surface area contributed by atoms with Gasteiger partial charge in [-0.3, -0.25) is 4.79 Å². The highest BCUT2D eigenvalue weighted by molar-refractivity contribution is 5.84. The number of rotatable bonds is 7. The largest absolute Gasteiger partial charge is 0.493 e. The summed E-state index contributed by atoms with van der Waals surface area (Å²) in [6, 6.07) is 4.98. The molecule has 1 aliphatic carbocycles. The van der Waals surface area contributed by atoms with Gasteiger partial charge in [-0.05, 0) is 75.8 Å². The molecule has 0 bridgehead atoms. The van der Waals surface area contributed by atoms with Gasteiger partial charge in [-0.25, -0.2) is 23.2 Å². The van der Waals surface area contributed by atoms with E-state index in [1.54, 1.807) is 17.0 Å². The van der Waals surface area contributed by atoms with Gasteiger partial charge in [0.25, 0.3) is 5.92 Å². The number of ether oxygens (including phenoxy) is 1. The van der Waals surface area contributed by atoms with E-state index in [0.29, 0.717) is 49.1 Å². The third kappa shape index (κ3) is 7.76. The first-order chi connectivity index (χ1) is 19.2. The first-order valence-corrected chi connectivity index (χ1v) is 14.4. The minimum absolute atomic E-state index is 0.0615. The average molecular weight is 559 g/mol. The number of guanidine groups is 1. The van der Waals surface area contributed by atoms with Crippen molar-refractivity contribution in [2.24, 2.45) is 21.8 Å². The van der Waals surface area contributed by atoms with Gasteiger partial charge in [-0.15, -0.1) is 0 Å². The second-order valence-electron chi connectivity index (χ2n) is 11.2. The van der Waals surface area contributed by atoms with Crippen LogP contribution in [0.5, 0.6) is 5.75 Å². The van der Waals surface area contributed by atoms with Gasteiger partial charge in [0.15, 0.2) is 0 Å². The molecule has 218 valence electrons. The highest BCUT2D eigenvalue weighted by Crippen LogP contribution is 2.35. The average Bonchev–Trinajstić information content (AvgIpc) is 2.96. The maximum Gasteiger partial charge on any atom is 0.251 e. The Kier molecular flexibility index (Phi) is 10.1. The molecule has 2 heterocycles. The van der Waals surface area contributed by atoms with Gasteiger partial charge in [-0.2, -0.15) is 0 Å². The molecule has 0 radical (unpaired) electrons. The maximum atomic E-state index is 15.0. The molecule has 1 amide bonds. The molecule has 9 heteroatoms. The lowest BCUT2D eigenvalue weighted by Gasteiger charge is -2.34. The fourth-order valence-corrected chi connectivity index (χ4v) is 5.46. The molecule has 2 aliphatic heterocycles. The molecule has 40 heavy (non-hydrogen) atoms. The van der Waals surface area contributed by atoms with E-state index in [0.717, 1.165) is 37.9 Å². The molecule has 0 saturated carbocycles. The first-order valence-electron chi connectivity index (χ1n) is 14.4. The van der Waals surface area contributed by atoms with Gasteiger partial charge >= 0.3 is 0 Å². The lowest BCUT2D eigenvalue weighted by atomic mass is 9.85. The number of halogens is 3. The van der Waals surface area contributed by atoms with Crippen LogP contribution in [0.4, 0.5) is 13.2 Å². The van der Waals surface area contributed by atoms with Crippen molar-refractivity contribution in [3.05, 3.63) is 47.4 Å². The number of piperidine rings is 2. The van der Waals surface area contributed by atoms with E-state index in [1.165, 1.54) is 11.6 Å². The van der Waals surface area contributed by atoms with Crippen LogP contribution in [0.3, 0.4) is 0 Å². The van der Waals surface area contributed by atoms with Crippen molar-refractivity contribution in [3.8, 4) is 5.75 Å². The smallest absolute Gasteiger partial charge is 0.251 e. The van der Waals surface area contributed by atoms with Gasteiger partial charge in [0.05, 0.1) is 6.61 Å². The Balaban J connectivity index is 1.25. The van der Waals surface area contributed by atoms with Crippen molar-refractivity contribution < 1.29 is 22.7 Å². The number of nitrogens with zero attached hydrogens (tertiary/aromatic N) is 4. The van der Waals surface area contributed by atoms with Crippen LogP contribution in [0.1, 0.15) is 70.8 Å². The number of carbonyl (C=O) groups is 1. The summed E-state index contributed by atoms with van der Waals surface area (Å²) in [5.74, 6) is -1.79. The Morgan fingerprint density at radius 2 is 1.88 bits per heavy atom. The fourth-order valence-electron chi connectivity index (χ4n) is 5.46. The number of aliphatic imine (C=N–C) groups is 2. The molecule has 1 unspecified atom stereocenters. The molecular formula is C31H41F3N4O2. The minimum atomic E-state index is -2.67. The lowest BCUT2D eigenvalue weighted by Crippen LogP contribution is -2.45. The Morgan fingerprint density at radius 1 is 1.15 bits per heavy atom. The number of amides is 1. The summed E-state index contributed by atoms with van der Waals surface area (Å²) in [5.41, 5.74) is 2.59. The molecule has 4 rings (SSSR count). The zero-order chi connectivity index (χ0) is 28.7. The fraction of sp³-hybridized carbons (Fsp3) is 0.581. The van der Waals surface area contributed by atoms with Crippen LogP contribution in [0, 0.1) is 17.7 Å². The normalized spacial score (nSPS) is 22.6. The molecule has 1 aromatic carbocycles. The van der Waals surface area contributed by atoms with Crippen molar-refractivity contribution in [2.75, 3.05) is 32.8 Å². The van der Waals surface area contributed by atoms with E-state index in [2.05, 4.69) is 28.5 Å². The van der Waals surface area contributed by atoms with E-state index in [1.807, 2.05) is 19.2 Å². The van der Waals surface area contributed by atoms with Crippen LogP contribution in [0.15, 0.2) is 46.0 Å². The van der Waals surface area contributed by atoms with E-state index < -0.39 is 5.92 Å². The predicted molar refractivity (Wildman–Crippen MR) is 153 cm³/mol. The number of hydrogen-bond donors (Lipinski definition) is 0. The summed E-state index contributed by atoms with van der Waals surface area (Å²) in [6.45, 7) is 10.2. The zero-order valence-corrected chi connectivity index (χ0v) is 23.7. The van der Waals surface area contributed by atoms with E-state index in [4.69, 9.17) is 4.74 Å². The second-order valence-corrected chi connectivity index (χ2v) is 11.2. The van der Waals surface area contributed by atoms with Crippen LogP contribution in [-0.4, -0.2) is 67.1 Å². The molecular weight excluding hydrogens is 517 g/mol. The predicted octanol–water partition coefficient (Wildman–Crippen LogP) is 6.73. The number of likely N-dealkylation sites (tertiary alicyclic amines) is 2. The first kappa shape index (κ1) is 29.9. The number of carbonyl (C=O) groups excluding carboxylic acids is 1. The zero-order valence-electron chi connectivity index (χ0n) is 23.7. The number of alkyl halides is 2. The molecule has 1 atom stereocenters. The molecule has 3 aliphatic rings. The molecule has 2 fully saturated rings. The van der Waals surface area contributed by atoms with Gasteiger partial charge in [-0.1, -0.05) is 18.6 Å². The quantitative estimate of drug-likeness (QED) is 0.276. The van der Waals surface area contributed by atoms with Gasteiger partial charge < -0.3 is 14.5 Å². The molecule has 1 aromatic rings. The van der Waals surface area contributed by atoms with E-state index in [-0.39, 0.29) is 43.6 Å². The van der Waals surface area contributed by atoms with Crippen molar-refractivity contribution in [1.82, 2.24) is 9.80 Å². The van der Waals surface area contributed by atoms with E-state index >= 15 is 4.39 Å². The van der Waals surface area contributed by atoms with Crippen LogP contribution < -0.4 is 4.74 Å². The highest BCUT2D eigenvalue weighted by Gasteiger charge is 2.37. The van der Waals surface area contributed by atoms with Crippen molar-refractivity contribution in [3.63, 3.8) is 0 Å². The summed E-state index contributed by atoms with van der Waals surface area (Å²) in [4.78, 5) is 25.1. The van der Waals surface area contributed by atoms with Crippen LogP contribution in [0.2, 0.25) is 0 Å². The summed E-state index contributed by atoms with van der Waals surface area (Å²) in [5, 5.41) is 0. The Hall–Kier alpha value is -3.10. The van der Waals surface area contributed by atoms with Crippen molar-refractivity contribution >= 4 is 24.2 Å².